The van der Waals surface area contributed by atoms with Crippen molar-refractivity contribution in [3.05, 3.63) is 58.6 Å². The monoisotopic (exact) mass is 389 g/mol. The highest BCUT2D eigenvalue weighted by Crippen LogP contribution is 2.35. The number of thiophene rings is 1. The molecular formula is C19H23N3O2S2. The maximum Gasteiger partial charge on any atom is 0.244 e. The molecule has 0 saturated heterocycles. The van der Waals surface area contributed by atoms with Crippen LogP contribution in [0.4, 0.5) is 0 Å². The Morgan fingerprint density at radius 3 is 2.42 bits per heavy atom. The van der Waals surface area contributed by atoms with Gasteiger partial charge in [0.1, 0.15) is 5.69 Å². The molecule has 0 bridgehead atoms. The Balaban J connectivity index is 1.98. The number of hydrogen-bond donors (Lipinski definition) is 1. The summed E-state index contributed by atoms with van der Waals surface area (Å²) in [7, 11) is -3.60. The van der Waals surface area contributed by atoms with E-state index in [1.165, 1.54) is 11.3 Å². The summed E-state index contributed by atoms with van der Waals surface area (Å²) in [6.07, 6.45) is 0. The number of sulfonamides is 1. The SMILES string of the molecule is Cc1cc(-c2cc(S(=O)(=O)N(Cc3ccccc3)C(C)C)c(C)s2)n[nH]1. The van der Waals surface area contributed by atoms with E-state index in [2.05, 4.69) is 10.2 Å². The molecule has 0 amide bonds. The summed E-state index contributed by atoms with van der Waals surface area (Å²) in [6, 6.07) is 13.2. The Bertz CT molecular complexity index is 989. The summed E-state index contributed by atoms with van der Waals surface area (Å²) in [4.78, 5) is 2.00. The van der Waals surface area contributed by atoms with Gasteiger partial charge in [0, 0.05) is 23.2 Å². The fourth-order valence-electron chi connectivity index (χ4n) is 2.83. The van der Waals surface area contributed by atoms with Crippen LogP contribution in [0.5, 0.6) is 0 Å². The van der Waals surface area contributed by atoms with Crippen molar-refractivity contribution in [2.24, 2.45) is 0 Å². The van der Waals surface area contributed by atoms with Crippen LogP contribution in [0.25, 0.3) is 10.6 Å². The molecule has 0 aliphatic rings. The minimum Gasteiger partial charge on any atom is -0.282 e. The minimum absolute atomic E-state index is 0.143. The van der Waals surface area contributed by atoms with E-state index in [1.807, 2.05) is 64.1 Å². The van der Waals surface area contributed by atoms with Gasteiger partial charge in [-0.2, -0.15) is 9.40 Å². The molecular weight excluding hydrogens is 366 g/mol. The smallest absolute Gasteiger partial charge is 0.244 e. The van der Waals surface area contributed by atoms with Crippen molar-refractivity contribution < 1.29 is 8.42 Å². The second-order valence-electron chi connectivity index (χ2n) is 6.60. The van der Waals surface area contributed by atoms with Crippen LogP contribution in [0, 0.1) is 13.8 Å². The average molecular weight is 390 g/mol. The van der Waals surface area contributed by atoms with Crippen molar-refractivity contribution in [1.82, 2.24) is 14.5 Å². The van der Waals surface area contributed by atoms with Crippen LogP contribution in [0.3, 0.4) is 0 Å². The molecule has 7 heteroatoms. The zero-order valence-corrected chi connectivity index (χ0v) is 17.0. The number of nitrogens with one attached hydrogen (secondary N) is 1. The molecule has 0 aliphatic heterocycles. The highest BCUT2D eigenvalue weighted by atomic mass is 32.2. The van der Waals surface area contributed by atoms with Gasteiger partial charge in [0.2, 0.25) is 10.0 Å². The molecule has 0 aliphatic carbocycles. The first-order valence-corrected chi connectivity index (χ1v) is 10.7. The molecule has 5 nitrogen and oxygen atoms in total. The van der Waals surface area contributed by atoms with Crippen LogP contribution in [0.2, 0.25) is 0 Å². The Hall–Kier alpha value is -1.96. The standard InChI is InChI=1S/C19H23N3O2S2/c1-13(2)22(12-16-8-6-5-7-9-16)26(23,24)19-11-18(25-15(19)4)17-10-14(3)20-21-17/h5-11,13H,12H2,1-4H3,(H,20,21). The number of aryl methyl sites for hydroxylation is 2. The van der Waals surface area contributed by atoms with Crippen LogP contribution in [-0.2, 0) is 16.6 Å². The normalized spacial score (nSPS) is 12.2. The lowest BCUT2D eigenvalue weighted by Gasteiger charge is -2.26. The molecule has 26 heavy (non-hydrogen) atoms. The predicted octanol–water partition coefficient (Wildman–Crippen LogP) is 4.35. The Labute approximate surface area is 158 Å². The Morgan fingerprint density at radius 1 is 1.15 bits per heavy atom. The summed E-state index contributed by atoms with van der Waals surface area (Å²) in [6.45, 7) is 7.93. The van der Waals surface area contributed by atoms with Crippen LogP contribution in [0.15, 0.2) is 47.4 Å². The van der Waals surface area contributed by atoms with Crippen molar-refractivity contribution in [1.29, 1.82) is 0 Å². The average Bonchev–Trinajstić information content (AvgIpc) is 3.19. The first-order valence-electron chi connectivity index (χ1n) is 8.47. The first-order chi connectivity index (χ1) is 12.3. The van der Waals surface area contributed by atoms with Gasteiger partial charge in [-0.3, -0.25) is 5.10 Å². The fourth-order valence-corrected chi connectivity index (χ4v) is 5.97. The maximum atomic E-state index is 13.4. The number of aromatic nitrogens is 2. The van der Waals surface area contributed by atoms with Gasteiger partial charge in [-0.05, 0) is 45.4 Å². The first kappa shape index (κ1) is 18.8. The molecule has 1 aromatic carbocycles. The third kappa shape index (κ3) is 3.75. The number of rotatable bonds is 6. The summed E-state index contributed by atoms with van der Waals surface area (Å²) >= 11 is 1.45. The van der Waals surface area contributed by atoms with Crippen LogP contribution >= 0.6 is 11.3 Å². The lowest BCUT2D eigenvalue weighted by Crippen LogP contribution is -2.36. The van der Waals surface area contributed by atoms with Gasteiger partial charge in [0.05, 0.1) is 9.77 Å². The lowest BCUT2D eigenvalue weighted by molar-refractivity contribution is 0.348. The fraction of sp³-hybridized carbons (Fsp3) is 0.316. The van der Waals surface area contributed by atoms with Gasteiger partial charge >= 0.3 is 0 Å². The van der Waals surface area contributed by atoms with E-state index >= 15 is 0 Å². The van der Waals surface area contributed by atoms with E-state index in [0.29, 0.717) is 11.4 Å². The second-order valence-corrected chi connectivity index (χ2v) is 9.71. The number of H-pyrrole nitrogens is 1. The van der Waals surface area contributed by atoms with E-state index in [0.717, 1.165) is 26.7 Å². The number of aromatic amines is 1. The topological polar surface area (TPSA) is 66.1 Å². The van der Waals surface area contributed by atoms with Crippen molar-refractivity contribution in [3.8, 4) is 10.6 Å². The molecule has 0 saturated carbocycles. The van der Waals surface area contributed by atoms with Gasteiger partial charge in [0.15, 0.2) is 0 Å². The third-order valence-corrected chi connectivity index (χ3v) is 7.52. The molecule has 1 N–H and O–H groups in total. The molecule has 0 unspecified atom stereocenters. The van der Waals surface area contributed by atoms with Gasteiger partial charge in [-0.1, -0.05) is 30.3 Å². The van der Waals surface area contributed by atoms with Crippen LogP contribution in [-0.4, -0.2) is 29.0 Å². The summed E-state index contributed by atoms with van der Waals surface area (Å²) in [5.74, 6) is 0. The van der Waals surface area contributed by atoms with E-state index < -0.39 is 10.0 Å². The summed E-state index contributed by atoms with van der Waals surface area (Å²) in [5.41, 5.74) is 2.69. The molecule has 0 radical (unpaired) electrons. The number of benzene rings is 1. The third-order valence-electron chi connectivity index (χ3n) is 4.17. The minimum atomic E-state index is -3.60. The summed E-state index contributed by atoms with van der Waals surface area (Å²) < 4.78 is 28.3. The predicted molar refractivity (Wildman–Crippen MR) is 106 cm³/mol. The van der Waals surface area contributed by atoms with Crippen molar-refractivity contribution >= 4 is 21.4 Å². The largest absolute Gasteiger partial charge is 0.282 e. The number of hydrogen-bond acceptors (Lipinski definition) is 4. The zero-order valence-electron chi connectivity index (χ0n) is 15.4. The highest BCUT2D eigenvalue weighted by molar-refractivity contribution is 7.89. The molecule has 3 rings (SSSR count). The molecule has 0 atom stereocenters. The second kappa shape index (κ2) is 7.34. The highest BCUT2D eigenvalue weighted by Gasteiger charge is 2.30. The molecule has 0 fully saturated rings. The lowest BCUT2D eigenvalue weighted by atomic mass is 10.2. The van der Waals surface area contributed by atoms with Crippen molar-refractivity contribution in [3.63, 3.8) is 0 Å². The number of nitrogens with zero attached hydrogens (tertiary/aromatic N) is 2. The van der Waals surface area contributed by atoms with E-state index in [1.54, 1.807) is 10.4 Å². The molecule has 138 valence electrons. The van der Waals surface area contributed by atoms with Crippen LogP contribution < -0.4 is 0 Å². The molecule has 0 spiro atoms. The molecule has 2 aromatic heterocycles. The van der Waals surface area contributed by atoms with Gasteiger partial charge in [-0.25, -0.2) is 8.42 Å². The van der Waals surface area contributed by atoms with Gasteiger partial charge in [0.25, 0.3) is 0 Å². The Kier molecular flexibility index (Phi) is 5.32. The van der Waals surface area contributed by atoms with E-state index in [9.17, 15) is 8.42 Å². The molecule has 3 aromatic rings. The van der Waals surface area contributed by atoms with Crippen molar-refractivity contribution in [2.45, 2.75) is 45.2 Å². The maximum absolute atomic E-state index is 13.4. The van der Waals surface area contributed by atoms with E-state index in [-0.39, 0.29) is 6.04 Å². The Morgan fingerprint density at radius 2 is 1.85 bits per heavy atom. The van der Waals surface area contributed by atoms with Gasteiger partial charge in [-0.15, -0.1) is 11.3 Å². The van der Waals surface area contributed by atoms with Crippen molar-refractivity contribution in [2.75, 3.05) is 0 Å². The van der Waals surface area contributed by atoms with Gasteiger partial charge < -0.3 is 0 Å². The summed E-state index contributed by atoms with van der Waals surface area (Å²) in [5, 5.41) is 7.15. The molecule has 2 heterocycles. The van der Waals surface area contributed by atoms with Crippen LogP contribution in [0.1, 0.15) is 30.0 Å². The van der Waals surface area contributed by atoms with E-state index in [4.69, 9.17) is 0 Å². The zero-order chi connectivity index (χ0) is 18.9. The quantitative estimate of drug-likeness (QED) is 0.681.